The molecule has 0 aliphatic carbocycles. The fourth-order valence-corrected chi connectivity index (χ4v) is 2.22. The Balaban J connectivity index is 2.01. The first-order valence-electron chi connectivity index (χ1n) is 8.11. The van der Waals surface area contributed by atoms with E-state index in [2.05, 4.69) is 29.5 Å². The second-order valence-electron chi connectivity index (χ2n) is 6.68. The van der Waals surface area contributed by atoms with Crippen molar-refractivity contribution < 1.29 is 9.13 Å². The molecule has 4 N–H and O–H groups in total. The summed E-state index contributed by atoms with van der Waals surface area (Å²) in [5.41, 5.74) is 6.34. The summed E-state index contributed by atoms with van der Waals surface area (Å²) in [6.45, 7) is 6.77. The highest BCUT2D eigenvalue weighted by atomic mass is 19.1. The van der Waals surface area contributed by atoms with Crippen LogP contribution in [0.25, 0.3) is 0 Å². The number of aliphatic imine (C=N–C) groups is 1. The minimum Gasteiger partial charge on any atom is -0.376 e. The van der Waals surface area contributed by atoms with Crippen molar-refractivity contribution in [2.75, 3.05) is 31.6 Å². The number of hydrogen-bond acceptors (Lipinski definition) is 3. The molecule has 23 heavy (non-hydrogen) atoms. The summed E-state index contributed by atoms with van der Waals surface area (Å²) in [4.78, 5) is 4.59. The van der Waals surface area contributed by atoms with Gasteiger partial charge in [0, 0.05) is 25.4 Å². The first kappa shape index (κ1) is 17.7. The van der Waals surface area contributed by atoms with Gasteiger partial charge in [0.25, 0.3) is 0 Å². The Morgan fingerprint density at radius 1 is 1.48 bits per heavy atom. The van der Waals surface area contributed by atoms with Crippen molar-refractivity contribution in [2.45, 2.75) is 32.8 Å². The fourth-order valence-electron chi connectivity index (χ4n) is 2.22. The molecule has 6 heteroatoms. The average Bonchev–Trinajstić information content (AvgIpc) is 3.03. The van der Waals surface area contributed by atoms with Crippen LogP contribution in [0.4, 0.5) is 10.1 Å². The van der Waals surface area contributed by atoms with Crippen LogP contribution in [0.3, 0.4) is 0 Å². The third-order valence-electron chi connectivity index (χ3n) is 3.83. The standard InChI is InChI=1S/C17H27FN4O/c1-17(2,11-19)12-21-16(20-10-15-7-4-8-23-15)22-14-6-3-5-13(18)9-14/h3,5-6,9,15H,4,7-8,10-12,19H2,1-2H3,(H2,20,21,22). The molecule has 1 saturated heterocycles. The number of guanidine groups is 1. The van der Waals surface area contributed by atoms with Crippen LogP contribution < -0.4 is 16.4 Å². The number of ether oxygens (including phenoxy) is 1. The zero-order valence-electron chi connectivity index (χ0n) is 13.9. The fraction of sp³-hybridized carbons (Fsp3) is 0.588. The molecule has 1 aromatic carbocycles. The van der Waals surface area contributed by atoms with Crippen LogP contribution in [-0.4, -0.2) is 38.3 Å². The van der Waals surface area contributed by atoms with Crippen molar-refractivity contribution in [3.63, 3.8) is 0 Å². The Morgan fingerprint density at radius 2 is 2.30 bits per heavy atom. The molecule has 0 aromatic heterocycles. The topological polar surface area (TPSA) is 71.7 Å². The summed E-state index contributed by atoms with van der Waals surface area (Å²) in [6.07, 6.45) is 2.35. The monoisotopic (exact) mass is 322 g/mol. The summed E-state index contributed by atoms with van der Waals surface area (Å²) in [5, 5.41) is 6.42. The lowest BCUT2D eigenvalue weighted by Crippen LogP contribution is -2.38. The Bertz CT molecular complexity index is 527. The molecule has 1 heterocycles. The normalized spacial score (nSPS) is 19.0. The van der Waals surface area contributed by atoms with Gasteiger partial charge >= 0.3 is 0 Å². The molecule has 5 nitrogen and oxygen atoms in total. The second-order valence-corrected chi connectivity index (χ2v) is 6.68. The largest absolute Gasteiger partial charge is 0.376 e. The lowest BCUT2D eigenvalue weighted by molar-refractivity contribution is 0.114. The summed E-state index contributed by atoms with van der Waals surface area (Å²) < 4.78 is 19.0. The van der Waals surface area contributed by atoms with Crippen molar-refractivity contribution in [3.8, 4) is 0 Å². The molecule has 1 fully saturated rings. The first-order chi connectivity index (χ1) is 11.0. The van der Waals surface area contributed by atoms with E-state index in [4.69, 9.17) is 10.5 Å². The van der Waals surface area contributed by atoms with Crippen molar-refractivity contribution in [1.82, 2.24) is 5.32 Å². The van der Waals surface area contributed by atoms with E-state index < -0.39 is 0 Å². The molecule has 1 atom stereocenters. The highest BCUT2D eigenvalue weighted by Crippen LogP contribution is 2.14. The van der Waals surface area contributed by atoms with Gasteiger partial charge in [0.2, 0.25) is 0 Å². The molecule has 2 rings (SSSR count). The van der Waals surface area contributed by atoms with E-state index in [-0.39, 0.29) is 17.3 Å². The van der Waals surface area contributed by atoms with Gasteiger partial charge in [-0.05, 0) is 43.0 Å². The Kier molecular flexibility index (Phi) is 6.36. The van der Waals surface area contributed by atoms with Gasteiger partial charge in [0.05, 0.1) is 6.10 Å². The summed E-state index contributed by atoms with van der Waals surface area (Å²) in [5.74, 6) is 0.336. The molecule has 0 spiro atoms. The molecular weight excluding hydrogens is 295 g/mol. The van der Waals surface area contributed by atoms with E-state index in [1.165, 1.54) is 12.1 Å². The molecule has 0 saturated carbocycles. The van der Waals surface area contributed by atoms with Gasteiger partial charge in [-0.1, -0.05) is 19.9 Å². The summed E-state index contributed by atoms with van der Waals surface area (Å²) in [7, 11) is 0. The minimum absolute atomic E-state index is 0.0829. The van der Waals surface area contributed by atoms with Gasteiger partial charge in [-0.2, -0.15) is 0 Å². The molecule has 0 radical (unpaired) electrons. The van der Waals surface area contributed by atoms with Gasteiger partial charge in [-0.15, -0.1) is 0 Å². The van der Waals surface area contributed by atoms with E-state index in [9.17, 15) is 4.39 Å². The van der Waals surface area contributed by atoms with Gasteiger partial charge < -0.3 is 21.1 Å². The van der Waals surface area contributed by atoms with Crippen LogP contribution in [-0.2, 0) is 4.74 Å². The number of benzene rings is 1. The highest BCUT2D eigenvalue weighted by Gasteiger charge is 2.17. The number of halogens is 1. The zero-order chi connectivity index (χ0) is 16.7. The van der Waals surface area contributed by atoms with E-state index >= 15 is 0 Å². The quantitative estimate of drug-likeness (QED) is 0.555. The van der Waals surface area contributed by atoms with E-state index in [1.807, 2.05) is 0 Å². The average molecular weight is 322 g/mol. The SMILES string of the molecule is CC(C)(CN)CN=C(NCC1CCCO1)Nc1cccc(F)c1. The maximum Gasteiger partial charge on any atom is 0.195 e. The van der Waals surface area contributed by atoms with Gasteiger partial charge in [-0.3, -0.25) is 4.99 Å². The molecule has 128 valence electrons. The second kappa shape index (κ2) is 8.26. The van der Waals surface area contributed by atoms with Crippen LogP contribution in [0.1, 0.15) is 26.7 Å². The van der Waals surface area contributed by atoms with Crippen molar-refractivity contribution in [2.24, 2.45) is 16.1 Å². The maximum atomic E-state index is 13.3. The maximum absolute atomic E-state index is 13.3. The van der Waals surface area contributed by atoms with Crippen LogP contribution in [0.5, 0.6) is 0 Å². The highest BCUT2D eigenvalue weighted by molar-refractivity contribution is 5.93. The van der Waals surface area contributed by atoms with E-state index in [0.717, 1.165) is 19.4 Å². The first-order valence-corrected chi connectivity index (χ1v) is 8.11. The summed E-state index contributed by atoms with van der Waals surface area (Å²) in [6, 6.07) is 6.33. The van der Waals surface area contributed by atoms with Crippen LogP contribution >= 0.6 is 0 Å². The smallest absolute Gasteiger partial charge is 0.195 e. The van der Waals surface area contributed by atoms with Crippen molar-refractivity contribution in [3.05, 3.63) is 30.1 Å². The number of nitrogens with two attached hydrogens (primary N) is 1. The third-order valence-corrected chi connectivity index (χ3v) is 3.83. The number of rotatable bonds is 6. The Morgan fingerprint density at radius 3 is 2.96 bits per heavy atom. The number of hydrogen-bond donors (Lipinski definition) is 3. The van der Waals surface area contributed by atoms with Gasteiger partial charge in [-0.25, -0.2) is 4.39 Å². The molecule has 1 aromatic rings. The van der Waals surface area contributed by atoms with Crippen LogP contribution in [0.2, 0.25) is 0 Å². The molecule has 0 bridgehead atoms. The Labute approximate surface area is 137 Å². The van der Waals surface area contributed by atoms with Crippen LogP contribution in [0, 0.1) is 11.2 Å². The predicted octanol–water partition coefficient (Wildman–Crippen LogP) is 2.35. The van der Waals surface area contributed by atoms with Gasteiger partial charge in [0.15, 0.2) is 5.96 Å². The van der Waals surface area contributed by atoms with E-state index in [0.29, 0.717) is 31.3 Å². The number of nitrogens with zero attached hydrogens (tertiary/aromatic N) is 1. The third kappa shape index (κ3) is 6.15. The lowest BCUT2D eigenvalue weighted by atomic mass is 9.94. The molecular formula is C17H27FN4O. The lowest BCUT2D eigenvalue weighted by Gasteiger charge is -2.21. The molecule has 1 unspecified atom stereocenters. The molecule has 1 aliphatic rings. The predicted molar refractivity (Wildman–Crippen MR) is 92.1 cm³/mol. The number of anilines is 1. The zero-order valence-corrected chi connectivity index (χ0v) is 13.9. The van der Waals surface area contributed by atoms with Crippen molar-refractivity contribution in [1.29, 1.82) is 0 Å². The Hall–Kier alpha value is -1.66. The minimum atomic E-state index is -0.282. The van der Waals surface area contributed by atoms with Crippen molar-refractivity contribution >= 4 is 11.6 Å². The molecule has 1 aliphatic heterocycles. The molecule has 0 amide bonds. The van der Waals surface area contributed by atoms with Gasteiger partial charge in [0.1, 0.15) is 5.82 Å². The van der Waals surface area contributed by atoms with E-state index in [1.54, 1.807) is 12.1 Å². The van der Waals surface area contributed by atoms with Crippen LogP contribution in [0.15, 0.2) is 29.3 Å². The number of nitrogens with one attached hydrogen (secondary N) is 2. The summed E-state index contributed by atoms with van der Waals surface area (Å²) >= 11 is 0.